The summed E-state index contributed by atoms with van der Waals surface area (Å²) in [5.41, 5.74) is 0.849. The summed E-state index contributed by atoms with van der Waals surface area (Å²) >= 11 is 0. The maximum absolute atomic E-state index is 8.69. The van der Waals surface area contributed by atoms with Gasteiger partial charge in [0.2, 0.25) is 0 Å². The highest BCUT2D eigenvalue weighted by atomic mass is 16.5. The van der Waals surface area contributed by atoms with Crippen molar-refractivity contribution in [1.29, 1.82) is 10.7 Å². The third-order valence-corrected chi connectivity index (χ3v) is 3.76. The molecule has 19 heavy (non-hydrogen) atoms. The van der Waals surface area contributed by atoms with E-state index in [9.17, 15) is 0 Å². The van der Waals surface area contributed by atoms with E-state index in [1.54, 1.807) is 0 Å². The van der Waals surface area contributed by atoms with E-state index >= 15 is 0 Å². The zero-order chi connectivity index (χ0) is 14.6. The minimum absolute atomic E-state index is 0.138. The Balaban J connectivity index is 2.51. The average Bonchev–Trinajstić information content (AvgIpc) is 2.77. The lowest BCUT2D eigenvalue weighted by molar-refractivity contribution is 0.268. The second-order valence-corrected chi connectivity index (χ2v) is 6.34. The topological polar surface area (TPSA) is 56.9 Å². The zero-order valence-corrected chi connectivity index (χ0v) is 12.3. The van der Waals surface area contributed by atoms with E-state index < -0.39 is 0 Å². The van der Waals surface area contributed by atoms with Crippen LogP contribution in [-0.2, 0) is 4.74 Å². The molecule has 3 nitrogen and oxygen atoms in total. The smallest absolute Gasteiger partial charge is 0.190 e. The van der Waals surface area contributed by atoms with Crippen molar-refractivity contribution in [1.82, 2.24) is 0 Å². The highest BCUT2D eigenvalue weighted by Gasteiger charge is 2.31. The van der Waals surface area contributed by atoms with Gasteiger partial charge >= 0.3 is 0 Å². The van der Waals surface area contributed by atoms with E-state index in [1.165, 1.54) is 0 Å². The molecule has 0 amide bonds. The molecule has 0 bridgehead atoms. The van der Waals surface area contributed by atoms with E-state index in [1.807, 2.05) is 20.8 Å². The molecule has 1 rings (SSSR count). The Morgan fingerprint density at radius 3 is 2.42 bits per heavy atom. The summed E-state index contributed by atoms with van der Waals surface area (Å²) < 4.78 is 5.58. The van der Waals surface area contributed by atoms with Gasteiger partial charge in [-0.1, -0.05) is 39.5 Å². The predicted molar refractivity (Wildman–Crippen MR) is 77.6 cm³/mol. The standard InChI is InChI=1S/C16H24N2O/c1-11(8-9-17)13-6-7-14(10-13)15(18)19-12(2)16(3,4)5/h13-14,18H,1-2,6-8,10H2,3-5H3. The first-order chi connectivity index (χ1) is 8.75. The quantitative estimate of drug-likeness (QED) is 0.352. The molecule has 0 spiro atoms. The summed E-state index contributed by atoms with van der Waals surface area (Å²) in [5, 5.41) is 16.7. The second kappa shape index (κ2) is 6.06. The van der Waals surface area contributed by atoms with Gasteiger partial charge in [0.1, 0.15) is 5.76 Å². The van der Waals surface area contributed by atoms with E-state index in [-0.39, 0.29) is 11.3 Å². The van der Waals surface area contributed by atoms with E-state index in [4.69, 9.17) is 15.4 Å². The molecule has 1 aliphatic carbocycles. The summed E-state index contributed by atoms with van der Waals surface area (Å²) in [6, 6.07) is 2.14. The van der Waals surface area contributed by atoms with Crippen molar-refractivity contribution >= 4 is 5.90 Å². The Bertz CT molecular complexity index is 423. The Morgan fingerprint density at radius 2 is 1.89 bits per heavy atom. The number of allylic oxidation sites excluding steroid dienone is 2. The number of nitriles is 1. The molecule has 1 aliphatic rings. The highest BCUT2D eigenvalue weighted by Crippen LogP contribution is 2.37. The molecule has 0 heterocycles. The van der Waals surface area contributed by atoms with Crippen molar-refractivity contribution in [2.24, 2.45) is 17.3 Å². The predicted octanol–water partition coefficient (Wildman–Crippen LogP) is 4.43. The molecule has 0 saturated heterocycles. The van der Waals surface area contributed by atoms with Gasteiger partial charge in [0.25, 0.3) is 0 Å². The SMILES string of the molecule is C=C(CC#N)C1CCC(C(=N)OC(=C)C(C)(C)C)C1. The largest absolute Gasteiger partial charge is 0.448 e. The van der Waals surface area contributed by atoms with Gasteiger partial charge in [0.05, 0.1) is 12.5 Å². The molecule has 104 valence electrons. The Hall–Kier alpha value is -1.56. The lowest BCUT2D eigenvalue weighted by atomic mass is 9.94. The minimum atomic E-state index is -0.144. The first-order valence-corrected chi connectivity index (χ1v) is 6.76. The third kappa shape index (κ3) is 4.24. The van der Waals surface area contributed by atoms with E-state index in [0.29, 0.717) is 24.0 Å². The molecule has 0 radical (unpaired) electrons. The van der Waals surface area contributed by atoms with Crippen LogP contribution in [0.15, 0.2) is 24.5 Å². The van der Waals surface area contributed by atoms with Crippen LogP contribution >= 0.6 is 0 Å². The molecule has 0 aliphatic heterocycles. The average molecular weight is 260 g/mol. The van der Waals surface area contributed by atoms with Gasteiger partial charge in [0, 0.05) is 11.3 Å². The molecule has 0 aromatic rings. The Labute approximate surface area is 116 Å². The van der Waals surface area contributed by atoms with Gasteiger partial charge in [-0.25, -0.2) is 0 Å². The van der Waals surface area contributed by atoms with E-state index in [2.05, 4.69) is 19.2 Å². The summed E-state index contributed by atoms with van der Waals surface area (Å²) in [5.74, 6) is 1.44. The molecule has 2 unspecified atom stereocenters. The molecule has 0 aromatic carbocycles. The number of rotatable bonds is 4. The van der Waals surface area contributed by atoms with Crippen molar-refractivity contribution in [3.05, 3.63) is 24.5 Å². The van der Waals surface area contributed by atoms with E-state index in [0.717, 1.165) is 24.8 Å². The fraction of sp³-hybridized carbons (Fsp3) is 0.625. The van der Waals surface area contributed by atoms with Crippen LogP contribution in [0.5, 0.6) is 0 Å². The maximum Gasteiger partial charge on any atom is 0.190 e. The first kappa shape index (κ1) is 15.5. The molecule has 2 atom stereocenters. The van der Waals surface area contributed by atoms with Crippen LogP contribution < -0.4 is 0 Å². The second-order valence-electron chi connectivity index (χ2n) is 6.34. The summed E-state index contributed by atoms with van der Waals surface area (Å²) in [6.45, 7) is 13.9. The maximum atomic E-state index is 8.69. The van der Waals surface area contributed by atoms with Gasteiger partial charge in [-0.05, 0) is 25.2 Å². The van der Waals surface area contributed by atoms with Crippen molar-refractivity contribution in [2.75, 3.05) is 0 Å². The van der Waals surface area contributed by atoms with Crippen LogP contribution in [0.3, 0.4) is 0 Å². The van der Waals surface area contributed by atoms with Crippen LogP contribution in [0.4, 0.5) is 0 Å². The molecule has 1 N–H and O–H groups in total. The highest BCUT2D eigenvalue weighted by molar-refractivity contribution is 5.77. The van der Waals surface area contributed by atoms with Gasteiger partial charge in [-0.3, -0.25) is 5.41 Å². The molecule has 0 aromatic heterocycles. The van der Waals surface area contributed by atoms with Gasteiger partial charge in [-0.2, -0.15) is 5.26 Å². The molecule has 1 saturated carbocycles. The van der Waals surface area contributed by atoms with Gasteiger partial charge in [-0.15, -0.1) is 0 Å². The molecular weight excluding hydrogens is 236 g/mol. The lowest BCUT2D eigenvalue weighted by Gasteiger charge is -2.23. The van der Waals surface area contributed by atoms with Crippen molar-refractivity contribution in [3.63, 3.8) is 0 Å². The van der Waals surface area contributed by atoms with Crippen molar-refractivity contribution < 1.29 is 4.74 Å². The zero-order valence-electron chi connectivity index (χ0n) is 12.3. The monoisotopic (exact) mass is 260 g/mol. The lowest BCUT2D eigenvalue weighted by Crippen LogP contribution is -2.20. The van der Waals surface area contributed by atoms with Crippen molar-refractivity contribution in [3.8, 4) is 6.07 Å². The van der Waals surface area contributed by atoms with Gasteiger partial charge < -0.3 is 4.74 Å². The number of hydrogen-bond acceptors (Lipinski definition) is 3. The normalized spacial score (nSPS) is 22.6. The molecule has 1 fully saturated rings. The number of ether oxygens (including phenoxy) is 1. The van der Waals surface area contributed by atoms with Crippen LogP contribution in [-0.4, -0.2) is 5.90 Å². The summed E-state index contributed by atoms with van der Waals surface area (Å²) in [6.07, 6.45) is 3.22. The van der Waals surface area contributed by atoms with Crippen LogP contribution in [0.2, 0.25) is 0 Å². The van der Waals surface area contributed by atoms with Crippen LogP contribution in [0.1, 0.15) is 46.5 Å². The molecule has 3 heteroatoms. The number of nitrogens with one attached hydrogen (secondary N) is 1. The van der Waals surface area contributed by atoms with Crippen LogP contribution in [0, 0.1) is 34.0 Å². The summed E-state index contributed by atoms with van der Waals surface area (Å²) in [4.78, 5) is 0. The Kier molecular flexibility index (Phi) is 4.94. The minimum Gasteiger partial charge on any atom is -0.448 e. The summed E-state index contributed by atoms with van der Waals surface area (Å²) in [7, 11) is 0. The Morgan fingerprint density at radius 1 is 1.32 bits per heavy atom. The fourth-order valence-corrected chi connectivity index (χ4v) is 2.21. The number of hydrogen-bond donors (Lipinski definition) is 1. The third-order valence-electron chi connectivity index (χ3n) is 3.76. The first-order valence-electron chi connectivity index (χ1n) is 6.76. The number of nitrogens with zero attached hydrogens (tertiary/aromatic N) is 1. The molecular formula is C16H24N2O. The van der Waals surface area contributed by atoms with Gasteiger partial charge in [0.15, 0.2) is 5.90 Å². The fourth-order valence-electron chi connectivity index (χ4n) is 2.21. The van der Waals surface area contributed by atoms with Crippen molar-refractivity contribution in [2.45, 2.75) is 46.5 Å². The van der Waals surface area contributed by atoms with Crippen LogP contribution in [0.25, 0.3) is 0 Å².